The topological polar surface area (TPSA) is 47.3 Å². The van der Waals surface area contributed by atoms with Gasteiger partial charge in [-0.2, -0.15) is 13.2 Å². The van der Waals surface area contributed by atoms with Crippen molar-refractivity contribution in [2.24, 2.45) is 5.73 Å². The molecule has 3 nitrogen and oxygen atoms in total. The quantitative estimate of drug-likeness (QED) is 0.424. The molecule has 0 radical (unpaired) electrons. The predicted molar refractivity (Wildman–Crippen MR) is 117 cm³/mol. The summed E-state index contributed by atoms with van der Waals surface area (Å²) in [6.07, 6.45) is -3.84. The highest BCUT2D eigenvalue weighted by atomic mass is 79.9. The lowest BCUT2D eigenvalue weighted by Crippen LogP contribution is -2.35. The van der Waals surface area contributed by atoms with Crippen LogP contribution in [0.1, 0.15) is 22.7 Å². The van der Waals surface area contributed by atoms with E-state index in [0.717, 1.165) is 27.9 Å². The Morgan fingerprint density at radius 2 is 1.60 bits per heavy atom. The van der Waals surface area contributed by atoms with Crippen molar-refractivity contribution in [3.05, 3.63) is 94.0 Å². The van der Waals surface area contributed by atoms with E-state index < -0.39 is 17.8 Å². The summed E-state index contributed by atoms with van der Waals surface area (Å²) >= 11 is 3.53. The highest BCUT2D eigenvalue weighted by Gasteiger charge is 2.30. The molecule has 0 aliphatic heterocycles. The van der Waals surface area contributed by atoms with Crippen molar-refractivity contribution in [3.8, 4) is 5.75 Å². The fourth-order valence-corrected chi connectivity index (χ4v) is 3.67. The lowest BCUT2D eigenvalue weighted by molar-refractivity contribution is -0.137. The van der Waals surface area contributed by atoms with Gasteiger partial charge in [0.1, 0.15) is 5.75 Å². The van der Waals surface area contributed by atoms with Crippen LogP contribution in [0, 0.1) is 0 Å². The summed E-state index contributed by atoms with van der Waals surface area (Å²) in [5.74, 6) is 0.712. The van der Waals surface area contributed by atoms with Gasteiger partial charge in [-0.05, 0) is 60.0 Å². The third-order valence-corrected chi connectivity index (χ3v) is 5.62. The molecule has 0 aliphatic carbocycles. The molecule has 0 bridgehead atoms. The van der Waals surface area contributed by atoms with Gasteiger partial charge >= 0.3 is 6.18 Å². The molecular formula is C23H22BrF3N2O. The minimum atomic E-state index is -4.38. The molecule has 0 aliphatic rings. The third kappa shape index (κ3) is 5.55. The number of hydrogen-bond donors (Lipinski definition) is 2. The number of nitrogens with two attached hydrogens (primary N) is 1. The van der Waals surface area contributed by atoms with Crippen LogP contribution in [0.2, 0.25) is 0 Å². The van der Waals surface area contributed by atoms with Crippen LogP contribution in [-0.4, -0.2) is 13.2 Å². The van der Waals surface area contributed by atoms with Crippen molar-refractivity contribution in [1.82, 2.24) is 0 Å². The maximum Gasteiger partial charge on any atom is 0.416 e. The van der Waals surface area contributed by atoms with Crippen molar-refractivity contribution in [1.29, 1.82) is 0 Å². The summed E-state index contributed by atoms with van der Waals surface area (Å²) in [6.45, 7) is 0. The minimum Gasteiger partial charge on any atom is -0.497 e. The average Bonchev–Trinajstić information content (AvgIpc) is 2.73. The van der Waals surface area contributed by atoms with E-state index in [1.54, 1.807) is 7.11 Å². The Labute approximate surface area is 182 Å². The molecule has 2 atom stereocenters. The molecule has 0 spiro atoms. The number of methoxy groups -OCH3 is 1. The Morgan fingerprint density at radius 1 is 0.967 bits per heavy atom. The van der Waals surface area contributed by atoms with Gasteiger partial charge in [0, 0.05) is 16.2 Å². The van der Waals surface area contributed by atoms with E-state index in [2.05, 4.69) is 21.2 Å². The van der Waals surface area contributed by atoms with Crippen LogP contribution >= 0.6 is 15.9 Å². The van der Waals surface area contributed by atoms with E-state index in [1.807, 2.05) is 48.5 Å². The van der Waals surface area contributed by atoms with Crippen molar-refractivity contribution < 1.29 is 17.9 Å². The molecule has 0 fully saturated rings. The number of halogens is 4. The predicted octanol–water partition coefficient (Wildman–Crippen LogP) is 6.20. The van der Waals surface area contributed by atoms with Crippen LogP contribution in [0.3, 0.4) is 0 Å². The molecule has 3 N–H and O–H groups in total. The molecule has 0 heterocycles. The van der Waals surface area contributed by atoms with E-state index in [4.69, 9.17) is 10.5 Å². The Kier molecular flexibility index (Phi) is 7.05. The van der Waals surface area contributed by atoms with Crippen molar-refractivity contribution in [2.45, 2.75) is 24.7 Å². The van der Waals surface area contributed by atoms with E-state index in [0.29, 0.717) is 17.7 Å². The first-order valence-electron chi connectivity index (χ1n) is 9.34. The third-order valence-electron chi connectivity index (χ3n) is 4.85. The number of nitrogens with one attached hydrogen (secondary N) is 1. The van der Waals surface area contributed by atoms with E-state index >= 15 is 0 Å². The number of ether oxygens (including phenoxy) is 1. The highest BCUT2D eigenvalue weighted by molar-refractivity contribution is 9.10. The van der Waals surface area contributed by atoms with Crippen LogP contribution < -0.4 is 15.8 Å². The smallest absolute Gasteiger partial charge is 0.416 e. The van der Waals surface area contributed by atoms with Gasteiger partial charge in [-0.15, -0.1) is 0 Å². The summed E-state index contributed by atoms with van der Waals surface area (Å²) in [4.78, 5) is 0. The summed E-state index contributed by atoms with van der Waals surface area (Å²) in [5.41, 5.74) is 8.36. The number of benzene rings is 3. The largest absolute Gasteiger partial charge is 0.497 e. The van der Waals surface area contributed by atoms with Gasteiger partial charge in [-0.1, -0.05) is 46.3 Å². The zero-order chi connectivity index (χ0) is 21.7. The van der Waals surface area contributed by atoms with E-state index in [9.17, 15) is 13.2 Å². The highest BCUT2D eigenvalue weighted by Crippen LogP contribution is 2.32. The van der Waals surface area contributed by atoms with Crippen molar-refractivity contribution in [2.75, 3.05) is 12.4 Å². The lowest BCUT2D eigenvalue weighted by Gasteiger charge is -2.27. The maximum atomic E-state index is 13.0. The second-order valence-corrected chi connectivity index (χ2v) is 7.78. The Balaban J connectivity index is 1.89. The molecule has 3 aromatic carbocycles. The molecule has 3 aromatic rings. The molecule has 0 unspecified atom stereocenters. The lowest BCUT2D eigenvalue weighted by atomic mass is 9.93. The first-order valence-corrected chi connectivity index (χ1v) is 10.1. The summed E-state index contributed by atoms with van der Waals surface area (Å²) in [5, 5.41) is 3.37. The first-order chi connectivity index (χ1) is 14.3. The Hall–Kier alpha value is -2.51. The molecule has 0 saturated carbocycles. The summed E-state index contributed by atoms with van der Waals surface area (Å²) in [7, 11) is 1.58. The monoisotopic (exact) mass is 478 g/mol. The van der Waals surface area contributed by atoms with Crippen molar-refractivity contribution in [3.63, 3.8) is 0 Å². The van der Waals surface area contributed by atoms with Crippen molar-refractivity contribution >= 4 is 21.6 Å². The molecule has 0 amide bonds. The van der Waals surface area contributed by atoms with Gasteiger partial charge in [0.05, 0.1) is 18.7 Å². The summed E-state index contributed by atoms with van der Waals surface area (Å²) < 4.78 is 45.0. The van der Waals surface area contributed by atoms with Gasteiger partial charge in [0.15, 0.2) is 0 Å². The second kappa shape index (κ2) is 9.53. The fourth-order valence-electron chi connectivity index (χ4n) is 3.22. The molecule has 158 valence electrons. The van der Waals surface area contributed by atoms with Crippen LogP contribution in [0.25, 0.3) is 0 Å². The standard InChI is InChI=1S/C23H22BrF3N2O/c1-30-19-12-10-18(11-13-19)29-22(15-6-8-17(9-7-15)23(25,26)27)21(28)14-16-4-2-3-5-20(16)24/h2-13,21-22,29H,14,28H2,1H3/t21-,22+/m0/s1. The van der Waals surface area contributed by atoms with Crippen LogP contribution in [0.15, 0.2) is 77.3 Å². The van der Waals surface area contributed by atoms with Gasteiger partial charge in [-0.3, -0.25) is 0 Å². The fraction of sp³-hybridized carbons (Fsp3) is 0.217. The number of anilines is 1. The van der Waals surface area contributed by atoms with Crippen LogP contribution in [0.5, 0.6) is 5.75 Å². The van der Waals surface area contributed by atoms with E-state index in [1.165, 1.54) is 12.1 Å². The molecule has 3 rings (SSSR count). The zero-order valence-electron chi connectivity index (χ0n) is 16.3. The van der Waals surface area contributed by atoms with Crippen LogP contribution in [0.4, 0.5) is 18.9 Å². The minimum absolute atomic E-state index is 0.387. The Morgan fingerprint density at radius 3 is 2.17 bits per heavy atom. The average molecular weight is 479 g/mol. The second-order valence-electron chi connectivity index (χ2n) is 6.93. The van der Waals surface area contributed by atoms with Gasteiger partial charge in [0.25, 0.3) is 0 Å². The number of rotatable bonds is 7. The molecule has 7 heteroatoms. The van der Waals surface area contributed by atoms with Gasteiger partial charge < -0.3 is 15.8 Å². The SMILES string of the molecule is COc1ccc(N[C@H](c2ccc(C(F)(F)F)cc2)[C@@H](N)Cc2ccccc2Br)cc1. The molecule has 0 saturated heterocycles. The van der Waals surface area contributed by atoms with Gasteiger partial charge in [0.2, 0.25) is 0 Å². The van der Waals surface area contributed by atoms with Gasteiger partial charge in [-0.25, -0.2) is 0 Å². The molecule has 0 aromatic heterocycles. The maximum absolute atomic E-state index is 13.0. The zero-order valence-corrected chi connectivity index (χ0v) is 17.9. The first kappa shape index (κ1) is 22.2. The summed E-state index contributed by atoms with van der Waals surface area (Å²) in [6, 6.07) is 19.4. The normalized spacial score (nSPS) is 13.5. The van der Waals surface area contributed by atoms with Crippen LogP contribution in [-0.2, 0) is 12.6 Å². The molecule has 30 heavy (non-hydrogen) atoms. The number of alkyl halides is 3. The Bertz CT molecular complexity index is 959. The number of hydrogen-bond acceptors (Lipinski definition) is 3. The van der Waals surface area contributed by atoms with E-state index in [-0.39, 0.29) is 6.04 Å². The molecular weight excluding hydrogens is 457 g/mol.